The van der Waals surface area contributed by atoms with Gasteiger partial charge in [0.2, 0.25) is 0 Å². The summed E-state index contributed by atoms with van der Waals surface area (Å²) in [5.41, 5.74) is 12.1. The van der Waals surface area contributed by atoms with Gasteiger partial charge in [-0.05, 0) is 50.4 Å². The average molecular weight is 291 g/mol. The third kappa shape index (κ3) is 2.99. The fourth-order valence-electron chi connectivity index (χ4n) is 4.00. The Labute approximate surface area is 128 Å². The molecule has 0 saturated heterocycles. The minimum absolute atomic E-state index is 0.00407. The zero-order chi connectivity index (χ0) is 15.8. The Kier molecular flexibility index (Phi) is 4.18. The summed E-state index contributed by atoms with van der Waals surface area (Å²) in [5.74, 6) is 0.531. The van der Waals surface area contributed by atoms with Crippen LogP contribution in [0.1, 0.15) is 66.7 Å². The number of nitrogens with zero attached hydrogens (tertiary/aromatic N) is 1. The largest absolute Gasteiger partial charge is 0.350 e. The molecular weight excluding hydrogens is 262 g/mol. The van der Waals surface area contributed by atoms with Crippen molar-refractivity contribution in [1.29, 1.82) is 0 Å². The predicted molar refractivity (Wildman–Crippen MR) is 87.0 cm³/mol. The van der Waals surface area contributed by atoms with Crippen molar-refractivity contribution in [3.05, 3.63) is 11.1 Å². The van der Waals surface area contributed by atoms with E-state index >= 15 is 0 Å². The zero-order valence-corrected chi connectivity index (χ0v) is 14.0. The van der Waals surface area contributed by atoms with Gasteiger partial charge in [0, 0.05) is 11.1 Å². The van der Waals surface area contributed by atoms with Gasteiger partial charge in [-0.15, -0.1) is 0 Å². The lowest BCUT2D eigenvalue weighted by Crippen LogP contribution is -2.41. The molecular formula is C17H29N3O. The summed E-state index contributed by atoms with van der Waals surface area (Å²) < 4.78 is 0. The topological polar surface area (TPSA) is 67.5 Å². The molecule has 4 heteroatoms. The number of nitrogens with two attached hydrogens (primary N) is 1. The lowest BCUT2D eigenvalue weighted by atomic mass is 9.57. The van der Waals surface area contributed by atoms with E-state index in [9.17, 15) is 4.79 Å². The van der Waals surface area contributed by atoms with Crippen molar-refractivity contribution in [3.63, 3.8) is 0 Å². The van der Waals surface area contributed by atoms with Crippen molar-refractivity contribution in [3.8, 4) is 0 Å². The van der Waals surface area contributed by atoms with E-state index in [-0.39, 0.29) is 5.41 Å². The first-order valence-electron chi connectivity index (χ1n) is 7.98. The number of hydrazone groups is 1. The Hall–Kier alpha value is -1.32. The molecule has 0 fully saturated rings. The van der Waals surface area contributed by atoms with Crippen molar-refractivity contribution in [2.75, 3.05) is 0 Å². The van der Waals surface area contributed by atoms with E-state index in [2.05, 4.69) is 38.2 Å². The van der Waals surface area contributed by atoms with Crippen LogP contribution in [0.2, 0.25) is 0 Å². The highest BCUT2D eigenvalue weighted by molar-refractivity contribution is 5.89. The number of hydrogen-bond donors (Lipinski definition) is 2. The first-order valence-corrected chi connectivity index (χ1v) is 7.98. The molecule has 0 saturated carbocycles. The summed E-state index contributed by atoms with van der Waals surface area (Å²) in [4.78, 5) is 10.9. The number of allylic oxidation sites excluding steroid dienone is 2. The Morgan fingerprint density at radius 1 is 1.38 bits per heavy atom. The van der Waals surface area contributed by atoms with Gasteiger partial charge in [0.1, 0.15) is 0 Å². The Bertz CT molecular complexity index is 504. The second-order valence-electron chi connectivity index (χ2n) is 7.69. The number of urea groups is 1. The molecule has 0 aromatic rings. The molecule has 2 amide bonds. The van der Waals surface area contributed by atoms with Crippen LogP contribution in [0.4, 0.5) is 4.79 Å². The average Bonchev–Trinajstić information content (AvgIpc) is 2.38. The number of amides is 2. The lowest BCUT2D eigenvalue weighted by Gasteiger charge is -2.48. The molecule has 0 aromatic carbocycles. The van der Waals surface area contributed by atoms with Gasteiger partial charge >= 0.3 is 6.03 Å². The van der Waals surface area contributed by atoms with Gasteiger partial charge in [-0.25, -0.2) is 10.2 Å². The minimum Gasteiger partial charge on any atom is -0.350 e. The molecule has 0 aromatic heterocycles. The highest BCUT2D eigenvalue weighted by Gasteiger charge is 2.44. The first-order chi connectivity index (χ1) is 9.67. The van der Waals surface area contributed by atoms with Gasteiger partial charge in [-0.2, -0.15) is 5.10 Å². The third-order valence-corrected chi connectivity index (χ3v) is 5.87. The third-order valence-electron chi connectivity index (χ3n) is 5.87. The second kappa shape index (κ2) is 5.47. The normalized spacial score (nSPS) is 32.6. The van der Waals surface area contributed by atoms with Gasteiger partial charge in [0.25, 0.3) is 0 Å². The van der Waals surface area contributed by atoms with Crippen molar-refractivity contribution < 1.29 is 4.79 Å². The summed E-state index contributed by atoms with van der Waals surface area (Å²) in [6, 6.07) is -0.598. The number of carbonyl (C=O) groups is 1. The van der Waals surface area contributed by atoms with Crippen LogP contribution in [0.25, 0.3) is 0 Å². The fourth-order valence-corrected chi connectivity index (χ4v) is 4.00. The van der Waals surface area contributed by atoms with Gasteiger partial charge in [0.05, 0.1) is 0 Å². The number of rotatable bonds is 2. The summed E-state index contributed by atoms with van der Waals surface area (Å²) in [7, 11) is 0. The highest BCUT2D eigenvalue weighted by Crippen LogP contribution is 2.54. The quantitative estimate of drug-likeness (QED) is 0.451. The molecule has 118 valence electrons. The molecule has 4 nitrogen and oxygen atoms in total. The molecule has 2 atom stereocenters. The summed E-state index contributed by atoms with van der Waals surface area (Å²) in [5, 5.41) is 4.22. The van der Waals surface area contributed by atoms with Crippen LogP contribution in [0.5, 0.6) is 0 Å². The Morgan fingerprint density at radius 2 is 2.05 bits per heavy atom. The minimum atomic E-state index is -0.598. The van der Waals surface area contributed by atoms with Gasteiger partial charge in [0.15, 0.2) is 0 Å². The SMILES string of the molecule is CC(=NNC(N)=O)C1(C)CC2=C(CCCC2(C)C)CC1C. The number of hydrogen-bond acceptors (Lipinski definition) is 2. The zero-order valence-electron chi connectivity index (χ0n) is 14.0. The van der Waals surface area contributed by atoms with Crippen LogP contribution in [0.15, 0.2) is 16.2 Å². The van der Waals surface area contributed by atoms with E-state index in [0.717, 1.165) is 18.6 Å². The maximum Gasteiger partial charge on any atom is 0.332 e. The Balaban J connectivity index is 2.32. The van der Waals surface area contributed by atoms with Gasteiger partial charge in [-0.3, -0.25) is 0 Å². The van der Waals surface area contributed by atoms with E-state index in [4.69, 9.17) is 5.73 Å². The van der Waals surface area contributed by atoms with E-state index < -0.39 is 6.03 Å². The van der Waals surface area contributed by atoms with Crippen LogP contribution < -0.4 is 11.2 Å². The summed E-state index contributed by atoms with van der Waals surface area (Å²) in [6.07, 6.45) is 6.04. The van der Waals surface area contributed by atoms with Crippen LogP contribution in [-0.4, -0.2) is 11.7 Å². The molecule has 21 heavy (non-hydrogen) atoms. The first kappa shape index (κ1) is 16.1. The molecule has 2 aliphatic carbocycles. The molecule has 2 unspecified atom stereocenters. The molecule has 0 aliphatic heterocycles. The standard InChI is InChI=1S/C17H29N3O/c1-11-9-13-7-6-8-16(3,4)14(13)10-17(11,5)12(2)19-20-15(18)21/h11H,6-10H2,1-5H3,(H3,18,20,21). The van der Waals surface area contributed by atoms with E-state index in [1.807, 2.05) is 6.92 Å². The Morgan fingerprint density at radius 3 is 2.67 bits per heavy atom. The molecule has 2 aliphatic rings. The number of primary amides is 1. The summed E-state index contributed by atoms with van der Waals surface area (Å²) >= 11 is 0. The van der Waals surface area contributed by atoms with Crippen LogP contribution in [-0.2, 0) is 0 Å². The molecule has 2 rings (SSSR count). The maximum atomic E-state index is 10.9. The highest BCUT2D eigenvalue weighted by atomic mass is 16.2. The maximum absolute atomic E-state index is 10.9. The smallest absolute Gasteiger partial charge is 0.332 e. The number of carbonyl (C=O) groups excluding carboxylic acids is 1. The van der Waals surface area contributed by atoms with Crippen molar-refractivity contribution in [2.45, 2.75) is 66.7 Å². The molecule has 0 spiro atoms. The monoisotopic (exact) mass is 291 g/mol. The van der Waals surface area contributed by atoms with Gasteiger partial charge < -0.3 is 5.73 Å². The van der Waals surface area contributed by atoms with E-state index in [1.54, 1.807) is 11.1 Å². The lowest BCUT2D eigenvalue weighted by molar-refractivity contribution is 0.222. The summed E-state index contributed by atoms with van der Waals surface area (Å²) in [6.45, 7) is 11.3. The van der Waals surface area contributed by atoms with Gasteiger partial charge in [-0.1, -0.05) is 38.8 Å². The van der Waals surface area contributed by atoms with Crippen LogP contribution >= 0.6 is 0 Å². The second-order valence-corrected chi connectivity index (χ2v) is 7.69. The van der Waals surface area contributed by atoms with Crippen LogP contribution in [0, 0.1) is 16.7 Å². The molecule has 0 heterocycles. The van der Waals surface area contributed by atoms with Crippen molar-refractivity contribution in [2.24, 2.45) is 27.6 Å². The van der Waals surface area contributed by atoms with Crippen molar-refractivity contribution >= 4 is 11.7 Å². The molecule has 0 bridgehead atoms. The van der Waals surface area contributed by atoms with E-state index in [0.29, 0.717) is 11.3 Å². The molecule has 0 radical (unpaired) electrons. The van der Waals surface area contributed by atoms with Crippen LogP contribution in [0.3, 0.4) is 0 Å². The van der Waals surface area contributed by atoms with E-state index in [1.165, 1.54) is 19.3 Å². The fraction of sp³-hybridized carbons (Fsp3) is 0.765. The molecule has 3 N–H and O–H groups in total. The number of nitrogens with one attached hydrogen (secondary N) is 1. The van der Waals surface area contributed by atoms with Crippen molar-refractivity contribution in [1.82, 2.24) is 5.43 Å². The predicted octanol–water partition coefficient (Wildman–Crippen LogP) is 3.97.